The Morgan fingerprint density at radius 1 is 1.16 bits per heavy atom. The minimum Gasteiger partial charge on any atom is -0.450 e. The van der Waals surface area contributed by atoms with Crippen molar-refractivity contribution in [2.75, 3.05) is 11.9 Å². The Morgan fingerprint density at radius 3 is 2.56 bits per heavy atom. The number of hydrogen-bond donors (Lipinski definition) is 1. The van der Waals surface area contributed by atoms with E-state index in [1.54, 1.807) is 37.3 Å². The van der Waals surface area contributed by atoms with Crippen molar-refractivity contribution in [3.63, 3.8) is 0 Å². The van der Waals surface area contributed by atoms with Gasteiger partial charge in [-0.05, 0) is 37.3 Å². The Bertz CT molecular complexity index is 981. The molecule has 0 radical (unpaired) electrons. The van der Waals surface area contributed by atoms with Crippen LogP contribution in [-0.4, -0.2) is 18.5 Å². The second-order valence-corrected chi connectivity index (χ2v) is 5.37. The van der Waals surface area contributed by atoms with Gasteiger partial charge in [-0.1, -0.05) is 18.2 Å². The van der Waals surface area contributed by atoms with Crippen LogP contribution in [0.15, 0.2) is 52.9 Å². The molecule has 0 unspecified atom stereocenters. The van der Waals surface area contributed by atoms with Crippen LogP contribution in [0.3, 0.4) is 0 Å². The highest BCUT2D eigenvalue weighted by Gasteiger charge is 2.19. The molecule has 0 atom stereocenters. The maximum Gasteiger partial charge on any atom is 0.375 e. The molecule has 1 N–H and O–H groups in total. The lowest BCUT2D eigenvalue weighted by molar-refractivity contribution is -0.119. The number of rotatable bonds is 4. The van der Waals surface area contributed by atoms with Crippen molar-refractivity contribution >= 4 is 28.5 Å². The van der Waals surface area contributed by atoms with Crippen LogP contribution in [0.25, 0.3) is 11.0 Å². The summed E-state index contributed by atoms with van der Waals surface area (Å²) in [5.74, 6) is -1.08. The first-order valence-electron chi connectivity index (χ1n) is 7.54. The molecule has 0 aliphatic heterocycles. The zero-order valence-electron chi connectivity index (χ0n) is 13.4. The summed E-state index contributed by atoms with van der Waals surface area (Å²) in [6, 6.07) is 15.6. The lowest BCUT2D eigenvalue weighted by atomic mass is 10.1. The Labute approximate surface area is 143 Å². The van der Waals surface area contributed by atoms with Crippen LogP contribution in [0.4, 0.5) is 5.69 Å². The number of nitrogens with zero attached hydrogens (tertiary/aromatic N) is 1. The summed E-state index contributed by atoms with van der Waals surface area (Å²) in [5, 5.41) is 12.2. The number of para-hydroxylation sites is 1. The molecule has 0 bridgehead atoms. The third kappa shape index (κ3) is 3.51. The van der Waals surface area contributed by atoms with E-state index in [2.05, 4.69) is 5.32 Å². The molecule has 25 heavy (non-hydrogen) atoms. The van der Waals surface area contributed by atoms with E-state index in [1.165, 1.54) is 0 Å². The second-order valence-electron chi connectivity index (χ2n) is 5.37. The summed E-state index contributed by atoms with van der Waals surface area (Å²) in [6.45, 7) is 1.33. The monoisotopic (exact) mass is 334 g/mol. The van der Waals surface area contributed by atoms with Gasteiger partial charge in [0.25, 0.3) is 5.91 Å². The van der Waals surface area contributed by atoms with Crippen LogP contribution in [0.2, 0.25) is 0 Å². The first kappa shape index (κ1) is 16.3. The Balaban J connectivity index is 1.62. The normalized spacial score (nSPS) is 10.2. The Hall–Kier alpha value is -3.59. The molecule has 3 aromatic rings. The van der Waals surface area contributed by atoms with Gasteiger partial charge in [-0.15, -0.1) is 0 Å². The van der Waals surface area contributed by atoms with Crippen molar-refractivity contribution in [3.05, 3.63) is 65.4 Å². The number of nitriles is 1. The minimum absolute atomic E-state index is 0.0902. The predicted octanol–water partition coefficient (Wildman–Crippen LogP) is 3.41. The maximum atomic E-state index is 12.1. The highest BCUT2D eigenvalue weighted by molar-refractivity contribution is 5.98. The second kappa shape index (κ2) is 6.89. The van der Waals surface area contributed by atoms with Crippen molar-refractivity contribution in [2.45, 2.75) is 6.92 Å². The number of benzene rings is 2. The summed E-state index contributed by atoms with van der Waals surface area (Å²) in [4.78, 5) is 24.0. The molecular formula is C19H14N2O4. The van der Waals surface area contributed by atoms with E-state index in [4.69, 9.17) is 14.4 Å². The summed E-state index contributed by atoms with van der Waals surface area (Å²) < 4.78 is 10.5. The van der Waals surface area contributed by atoms with Crippen molar-refractivity contribution in [2.24, 2.45) is 0 Å². The number of anilines is 1. The number of ether oxygens (including phenoxy) is 1. The number of carbonyl (C=O) groups excluding carboxylic acids is 2. The van der Waals surface area contributed by atoms with Gasteiger partial charge in [0, 0.05) is 16.6 Å². The molecule has 0 saturated heterocycles. The highest BCUT2D eigenvalue weighted by Crippen LogP contribution is 2.25. The number of esters is 1. The molecule has 6 nitrogen and oxygen atoms in total. The smallest absolute Gasteiger partial charge is 0.375 e. The lowest BCUT2D eigenvalue weighted by Crippen LogP contribution is -2.21. The summed E-state index contributed by atoms with van der Waals surface area (Å²) >= 11 is 0. The van der Waals surface area contributed by atoms with Crippen molar-refractivity contribution in [1.82, 2.24) is 0 Å². The first-order chi connectivity index (χ1) is 12.1. The molecule has 6 heteroatoms. The number of hydrogen-bond acceptors (Lipinski definition) is 5. The Kier molecular flexibility index (Phi) is 4.48. The molecule has 1 aromatic heterocycles. The minimum atomic E-state index is -0.691. The van der Waals surface area contributed by atoms with Crippen molar-refractivity contribution in [3.8, 4) is 6.07 Å². The fourth-order valence-electron chi connectivity index (χ4n) is 2.39. The Morgan fingerprint density at radius 2 is 1.88 bits per heavy atom. The van der Waals surface area contributed by atoms with Crippen LogP contribution in [0, 0.1) is 18.3 Å². The molecule has 0 saturated carbocycles. The van der Waals surface area contributed by atoms with Gasteiger partial charge in [0.15, 0.2) is 6.61 Å². The molecule has 1 heterocycles. The van der Waals surface area contributed by atoms with E-state index in [-0.39, 0.29) is 5.76 Å². The molecule has 3 rings (SSSR count). The predicted molar refractivity (Wildman–Crippen MR) is 91.0 cm³/mol. The summed E-state index contributed by atoms with van der Waals surface area (Å²) in [5.41, 5.74) is 2.27. The summed E-state index contributed by atoms with van der Waals surface area (Å²) in [7, 11) is 0. The van der Waals surface area contributed by atoms with Gasteiger partial charge in [-0.2, -0.15) is 5.26 Å². The molecular weight excluding hydrogens is 320 g/mol. The van der Waals surface area contributed by atoms with Gasteiger partial charge >= 0.3 is 5.97 Å². The molecule has 124 valence electrons. The van der Waals surface area contributed by atoms with Crippen molar-refractivity contribution < 1.29 is 18.7 Å². The summed E-state index contributed by atoms with van der Waals surface area (Å²) in [6.07, 6.45) is 0. The average Bonchev–Trinajstić information content (AvgIpc) is 2.97. The average molecular weight is 334 g/mol. The topological polar surface area (TPSA) is 92.3 Å². The molecule has 0 aliphatic rings. The van der Waals surface area contributed by atoms with Crippen LogP contribution in [0.1, 0.15) is 21.7 Å². The van der Waals surface area contributed by atoms with Gasteiger partial charge in [-0.3, -0.25) is 4.79 Å². The maximum absolute atomic E-state index is 12.1. The van der Waals surface area contributed by atoms with Gasteiger partial charge < -0.3 is 14.5 Å². The number of carbonyl (C=O) groups is 2. The van der Waals surface area contributed by atoms with E-state index < -0.39 is 18.5 Å². The van der Waals surface area contributed by atoms with E-state index in [9.17, 15) is 9.59 Å². The zero-order chi connectivity index (χ0) is 17.8. The van der Waals surface area contributed by atoms with E-state index >= 15 is 0 Å². The standard InChI is InChI=1S/C19H14N2O4/c1-12-15-4-2-3-5-16(15)25-18(12)19(23)24-11-17(22)21-14-8-6-13(10-20)7-9-14/h2-9H,11H2,1H3,(H,21,22). The SMILES string of the molecule is Cc1c(C(=O)OCC(=O)Nc2ccc(C#N)cc2)oc2ccccc12. The molecule has 1 amide bonds. The number of amides is 1. The fraction of sp³-hybridized carbons (Fsp3) is 0.105. The van der Waals surface area contributed by atoms with Gasteiger partial charge in [0.05, 0.1) is 11.6 Å². The highest BCUT2D eigenvalue weighted by atomic mass is 16.5. The molecule has 2 aromatic carbocycles. The zero-order valence-corrected chi connectivity index (χ0v) is 13.4. The van der Waals surface area contributed by atoms with Gasteiger partial charge in [0.1, 0.15) is 5.58 Å². The van der Waals surface area contributed by atoms with Crippen LogP contribution in [0.5, 0.6) is 0 Å². The van der Waals surface area contributed by atoms with Gasteiger partial charge in [0.2, 0.25) is 5.76 Å². The van der Waals surface area contributed by atoms with Crippen LogP contribution in [-0.2, 0) is 9.53 Å². The van der Waals surface area contributed by atoms with Crippen molar-refractivity contribution in [1.29, 1.82) is 5.26 Å². The third-order valence-electron chi connectivity index (χ3n) is 3.66. The largest absolute Gasteiger partial charge is 0.450 e. The van der Waals surface area contributed by atoms with E-state index in [0.717, 1.165) is 5.39 Å². The lowest BCUT2D eigenvalue weighted by Gasteiger charge is -2.06. The quantitative estimate of drug-likeness (QED) is 0.738. The van der Waals surface area contributed by atoms with Gasteiger partial charge in [-0.25, -0.2) is 4.79 Å². The fourth-order valence-corrected chi connectivity index (χ4v) is 2.39. The molecule has 0 spiro atoms. The number of furan rings is 1. The molecule has 0 aliphatic carbocycles. The van der Waals surface area contributed by atoms with Crippen LogP contribution >= 0.6 is 0 Å². The number of aryl methyl sites for hydroxylation is 1. The third-order valence-corrected chi connectivity index (χ3v) is 3.66. The number of nitrogens with one attached hydrogen (secondary N) is 1. The van der Waals surface area contributed by atoms with Crippen LogP contribution < -0.4 is 5.32 Å². The van der Waals surface area contributed by atoms with E-state index in [0.29, 0.717) is 22.4 Å². The number of fused-ring (bicyclic) bond motifs is 1. The first-order valence-corrected chi connectivity index (χ1v) is 7.54. The molecule has 0 fully saturated rings. The van der Waals surface area contributed by atoms with E-state index in [1.807, 2.05) is 24.3 Å².